The number of aromatic nitrogens is 2. The highest BCUT2D eigenvalue weighted by Crippen LogP contribution is 2.30. The smallest absolute Gasteiger partial charge is 0.231 e. The molecular weight excluding hydrogens is 368 g/mol. The molecule has 3 rings (SSSR count). The minimum Gasteiger partial charge on any atom is -0.311 e. The van der Waals surface area contributed by atoms with Crippen LogP contribution in [0.2, 0.25) is 0 Å². The number of rotatable bonds is 3. The Kier molecular flexibility index (Phi) is 4.21. The molecule has 1 N–H and O–H groups in total. The minimum absolute atomic E-state index is 0.0390. The van der Waals surface area contributed by atoms with E-state index in [4.69, 9.17) is 0 Å². The number of carbonyl (C=O) groups excluding carboxylic acids is 2. The largest absolute Gasteiger partial charge is 0.311 e. The van der Waals surface area contributed by atoms with Gasteiger partial charge in [-0.15, -0.1) is 10.2 Å². The third-order valence-corrected chi connectivity index (χ3v) is 4.64. The molecule has 0 aliphatic carbocycles. The van der Waals surface area contributed by atoms with Crippen molar-refractivity contribution < 1.29 is 9.59 Å². The lowest BCUT2D eigenvalue weighted by Crippen LogP contribution is -2.28. The third-order valence-electron chi connectivity index (χ3n) is 3.54. The topological polar surface area (TPSA) is 75.2 Å². The predicted molar refractivity (Wildman–Crippen MR) is 87.9 cm³/mol. The van der Waals surface area contributed by atoms with Gasteiger partial charge in [-0.2, -0.15) is 0 Å². The number of amides is 2. The zero-order valence-electron chi connectivity index (χ0n) is 11.7. The van der Waals surface area contributed by atoms with Crippen LogP contribution in [-0.2, 0) is 9.59 Å². The Hall–Kier alpha value is -1.80. The summed E-state index contributed by atoms with van der Waals surface area (Å²) < 4.78 is 0.964. The summed E-state index contributed by atoms with van der Waals surface area (Å²) >= 11 is 4.66. The van der Waals surface area contributed by atoms with Gasteiger partial charge in [0, 0.05) is 23.1 Å². The molecule has 1 atom stereocenters. The maximum Gasteiger partial charge on any atom is 0.231 e. The molecule has 8 heteroatoms. The van der Waals surface area contributed by atoms with Gasteiger partial charge in [0.05, 0.1) is 5.92 Å². The van der Waals surface area contributed by atoms with E-state index >= 15 is 0 Å². The lowest BCUT2D eigenvalue weighted by atomic mass is 10.1. The van der Waals surface area contributed by atoms with E-state index in [9.17, 15) is 9.59 Å². The fourth-order valence-electron chi connectivity index (χ4n) is 2.47. The van der Waals surface area contributed by atoms with E-state index in [1.807, 2.05) is 25.1 Å². The molecule has 0 radical (unpaired) electrons. The summed E-state index contributed by atoms with van der Waals surface area (Å²) in [7, 11) is 0. The molecule has 1 aliphatic rings. The first-order chi connectivity index (χ1) is 10.5. The summed E-state index contributed by atoms with van der Waals surface area (Å²) in [5, 5.41) is 10.6. The zero-order valence-corrected chi connectivity index (χ0v) is 14.1. The molecular formula is C14H13BrN4O2S. The summed E-state index contributed by atoms with van der Waals surface area (Å²) in [5.74, 6) is -0.607. The van der Waals surface area contributed by atoms with Crippen LogP contribution in [0.3, 0.4) is 0 Å². The fraction of sp³-hybridized carbons (Fsp3) is 0.286. The molecule has 6 nitrogen and oxygen atoms in total. The van der Waals surface area contributed by atoms with Crippen molar-refractivity contribution in [2.45, 2.75) is 13.3 Å². The number of aryl methyl sites for hydroxylation is 1. The van der Waals surface area contributed by atoms with Crippen molar-refractivity contribution in [2.75, 3.05) is 16.8 Å². The van der Waals surface area contributed by atoms with Crippen molar-refractivity contribution >= 4 is 49.9 Å². The predicted octanol–water partition coefficient (Wildman–Crippen LogP) is 2.60. The average molecular weight is 381 g/mol. The summed E-state index contributed by atoms with van der Waals surface area (Å²) in [6.45, 7) is 2.33. The summed E-state index contributed by atoms with van der Waals surface area (Å²) in [5.41, 5.74) is 3.39. The van der Waals surface area contributed by atoms with E-state index in [-0.39, 0.29) is 24.2 Å². The average Bonchev–Trinajstić information content (AvgIpc) is 3.09. The van der Waals surface area contributed by atoms with E-state index in [0.717, 1.165) is 15.7 Å². The molecule has 0 unspecified atom stereocenters. The number of anilines is 2. The van der Waals surface area contributed by atoms with Gasteiger partial charge in [0.15, 0.2) is 0 Å². The number of nitrogens with zero attached hydrogens (tertiary/aromatic N) is 3. The normalized spacial score (nSPS) is 17.8. The standard InChI is InChI=1S/C14H13BrN4O2S/c1-8-4-10(15)2-3-11(8)19-6-9(5-12(19)20)13(21)17-14-18-16-7-22-14/h2-4,7,9H,5-6H2,1H3,(H,17,18,21)/t9-/m1/s1. The Morgan fingerprint density at radius 1 is 1.50 bits per heavy atom. The Morgan fingerprint density at radius 2 is 2.32 bits per heavy atom. The minimum atomic E-state index is -0.376. The number of nitrogens with one attached hydrogen (secondary N) is 1. The Labute approximate surface area is 139 Å². The molecule has 1 aromatic heterocycles. The number of hydrogen-bond acceptors (Lipinski definition) is 5. The van der Waals surface area contributed by atoms with Gasteiger partial charge in [-0.05, 0) is 30.7 Å². The molecule has 0 saturated carbocycles. The molecule has 0 spiro atoms. The van der Waals surface area contributed by atoms with Crippen LogP contribution >= 0.6 is 27.3 Å². The van der Waals surface area contributed by atoms with Crippen molar-refractivity contribution in [2.24, 2.45) is 5.92 Å². The SMILES string of the molecule is Cc1cc(Br)ccc1N1C[C@H](C(=O)Nc2nncs2)CC1=O. The quantitative estimate of drug-likeness (QED) is 0.887. The Balaban J connectivity index is 1.74. The number of halogens is 1. The van der Waals surface area contributed by atoms with Crippen LogP contribution in [0.5, 0.6) is 0 Å². The second-order valence-corrected chi connectivity index (χ2v) is 6.82. The van der Waals surface area contributed by atoms with Crippen molar-refractivity contribution in [3.8, 4) is 0 Å². The van der Waals surface area contributed by atoms with Crippen LogP contribution in [0.1, 0.15) is 12.0 Å². The number of hydrogen-bond donors (Lipinski definition) is 1. The van der Waals surface area contributed by atoms with Crippen molar-refractivity contribution in [1.82, 2.24) is 10.2 Å². The van der Waals surface area contributed by atoms with Gasteiger partial charge in [0.1, 0.15) is 5.51 Å². The van der Waals surface area contributed by atoms with Crippen molar-refractivity contribution in [1.29, 1.82) is 0 Å². The molecule has 1 aliphatic heterocycles. The van der Waals surface area contributed by atoms with Crippen LogP contribution in [0.25, 0.3) is 0 Å². The molecule has 22 heavy (non-hydrogen) atoms. The van der Waals surface area contributed by atoms with Gasteiger partial charge in [0.2, 0.25) is 16.9 Å². The molecule has 2 aromatic rings. The first-order valence-electron chi connectivity index (χ1n) is 6.68. The first-order valence-corrected chi connectivity index (χ1v) is 8.35. The van der Waals surface area contributed by atoms with Gasteiger partial charge in [-0.25, -0.2) is 0 Å². The lowest BCUT2D eigenvalue weighted by molar-refractivity contribution is -0.122. The highest BCUT2D eigenvalue weighted by atomic mass is 79.9. The summed E-state index contributed by atoms with van der Waals surface area (Å²) in [6, 6.07) is 5.74. The lowest BCUT2D eigenvalue weighted by Gasteiger charge is -2.19. The van der Waals surface area contributed by atoms with Crippen LogP contribution in [0.4, 0.5) is 10.8 Å². The number of carbonyl (C=O) groups is 2. The molecule has 2 amide bonds. The van der Waals surface area contributed by atoms with Gasteiger partial charge in [-0.3, -0.25) is 9.59 Å². The summed E-state index contributed by atoms with van der Waals surface area (Å²) in [6.07, 6.45) is 0.208. The molecule has 1 fully saturated rings. The van der Waals surface area contributed by atoms with Crippen LogP contribution < -0.4 is 10.2 Å². The van der Waals surface area contributed by atoms with Crippen LogP contribution in [0.15, 0.2) is 28.2 Å². The monoisotopic (exact) mass is 380 g/mol. The van der Waals surface area contributed by atoms with Crippen LogP contribution in [-0.4, -0.2) is 28.6 Å². The van der Waals surface area contributed by atoms with Crippen molar-refractivity contribution in [3.63, 3.8) is 0 Å². The van der Waals surface area contributed by atoms with E-state index in [1.54, 1.807) is 10.4 Å². The second-order valence-electron chi connectivity index (χ2n) is 5.07. The molecule has 2 heterocycles. The number of benzene rings is 1. The molecule has 0 bridgehead atoms. The van der Waals surface area contributed by atoms with Gasteiger partial charge in [0.25, 0.3) is 0 Å². The van der Waals surface area contributed by atoms with Gasteiger partial charge < -0.3 is 10.2 Å². The molecule has 1 aromatic carbocycles. The molecule has 114 valence electrons. The summed E-state index contributed by atoms with van der Waals surface area (Å²) in [4.78, 5) is 26.1. The van der Waals surface area contributed by atoms with E-state index in [2.05, 4.69) is 31.4 Å². The maximum atomic E-state index is 12.2. The second kappa shape index (κ2) is 6.13. The highest BCUT2D eigenvalue weighted by Gasteiger charge is 2.35. The zero-order chi connectivity index (χ0) is 15.7. The maximum absolute atomic E-state index is 12.2. The van der Waals surface area contributed by atoms with Gasteiger partial charge >= 0.3 is 0 Å². The van der Waals surface area contributed by atoms with Crippen LogP contribution in [0, 0.1) is 12.8 Å². The Bertz CT molecular complexity index is 720. The first kappa shape index (κ1) is 15.1. The third kappa shape index (κ3) is 3.02. The highest BCUT2D eigenvalue weighted by molar-refractivity contribution is 9.10. The molecule has 1 saturated heterocycles. The van der Waals surface area contributed by atoms with E-state index < -0.39 is 0 Å². The Morgan fingerprint density at radius 3 is 3.00 bits per heavy atom. The van der Waals surface area contributed by atoms with Gasteiger partial charge in [-0.1, -0.05) is 27.3 Å². The van der Waals surface area contributed by atoms with E-state index in [1.165, 1.54) is 11.3 Å². The fourth-order valence-corrected chi connectivity index (χ4v) is 3.40. The van der Waals surface area contributed by atoms with Crippen molar-refractivity contribution in [3.05, 3.63) is 33.7 Å². The van der Waals surface area contributed by atoms with E-state index in [0.29, 0.717) is 11.7 Å².